The molecule has 20 heavy (non-hydrogen) atoms. The SMILES string of the molecule is Cc1noc(C)c1-c1ccc2[nH]cc(CC(=O)O)c2c1. The third-order valence-corrected chi connectivity index (χ3v) is 3.43. The van der Waals surface area contributed by atoms with E-state index in [0.29, 0.717) is 0 Å². The normalized spacial score (nSPS) is 11.1. The molecule has 0 radical (unpaired) electrons. The Morgan fingerprint density at radius 2 is 2.20 bits per heavy atom. The fourth-order valence-electron chi connectivity index (χ4n) is 2.54. The number of hydrogen-bond acceptors (Lipinski definition) is 3. The average molecular weight is 270 g/mol. The first-order chi connectivity index (χ1) is 9.56. The average Bonchev–Trinajstić information content (AvgIpc) is 2.93. The number of aromatic amines is 1. The molecule has 0 fully saturated rings. The zero-order chi connectivity index (χ0) is 14.3. The Balaban J connectivity index is 2.17. The molecule has 0 aliphatic heterocycles. The molecular weight excluding hydrogens is 256 g/mol. The summed E-state index contributed by atoms with van der Waals surface area (Å²) < 4.78 is 5.19. The molecule has 2 N–H and O–H groups in total. The van der Waals surface area contributed by atoms with Crippen molar-refractivity contribution < 1.29 is 14.4 Å². The zero-order valence-electron chi connectivity index (χ0n) is 11.2. The molecule has 3 aromatic rings. The van der Waals surface area contributed by atoms with Crippen LogP contribution >= 0.6 is 0 Å². The van der Waals surface area contributed by atoms with Crippen LogP contribution in [0.4, 0.5) is 0 Å². The van der Waals surface area contributed by atoms with Crippen LogP contribution < -0.4 is 0 Å². The first-order valence-electron chi connectivity index (χ1n) is 6.31. The predicted octanol–water partition coefficient (Wildman–Crippen LogP) is 3.07. The highest BCUT2D eigenvalue weighted by Gasteiger charge is 2.14. The molecular formula is C15H14N2O3. The van der Waals surface area contributed by atoms with Crippen molar-refractivity contribution in [3.63, 3.8) is 0 Å². The van der Waals surface area contributed by atoms with Gasteiger partial charge >= 0.3 is 5.97 Å². The third kappa shape index (κ3) is 1.97. The van der Waals surface area contributed by atoms with Gasteiger partial charge in [-0.15, -0.1) is 0 Å². The van der Waals surface area contributed by atoms with E-state index in [1.165, 1.54) is 0 Å². The Hall–Kier alpha value is -2.56. The van der Waals surface area contributed by atoms with Crippen LogP contribution in [0, 0.1) is 13.8 Å². The molecule has 0 saturated carbocycles. The molecule has 0 unspecified atom stereocenters. The Labute approximate surface area is 115 Å². The van der Waals surface area contributed by atoms with Crippen molar-refractivity contribution in [3.8, 4) is 11.1 Å². The van der Waals surface area contributed by atoms with Gasteiger partial charge in [0.25, 0.3) is 0 Å². The number of carbonyl (C=O) groups is 1. The highest BCUT2D eigenvalue weighted by molar-refractivity contribution is 5.90. The monoisotopic (exact) mass is 270 g/mol. The number of H-pyrrole nitrogens is 1. The second-order valence-corrected chi connectivity index (χ2v) is 4.84. The van der Waals surface area contributed by atoms with Gasteiger partial charge in [-0.2, -0.15) is 0 Å². The zero-order valence-corrected chi connectivity index (χ0v) is 11.2. The van der Waals surface area contributed by atoms with Gasteiger partial charge in [-0.1, -0.05) is 11.2 Å². The fraction of sp³-hybridized carbons (Fsp3) is 0.200. The summed E-state index contributed by atoms with van der Waals surface area (Å²) in [6.07, 6.45) is 1.75. The molecule has 0 atom stereocenters. The third-order valence-electron chi connectivity index (χ3n) is 3.43. The summed E-state index contributed by atoms with van der Waals surface area (Å²) in [5, 5.41) is 13.8. The molecule has 3 rings (SSSR count). The number of aryl methyl sites for hydroxylation is 2. The lowest BCUT2D eigenvalue weighted by Gasteiger charge is -2.02. The Bertz CT molecular complexity index is 779. The first-order valence-corrected chi connectivity index (χ1v) is 6.31. The number of carboxylic acid groups (broad SMARTS) is 1. The van der Waals surface area contributed by atoms with Crippen LogP contribution in [0.2, 0.25) is 0 Å². The van der Waals surface area contributed by atoms with Gasteiger partial charge in [0, 0.05) is 22.7 Å². The molecule has 0 spiro atoms. The van der Waals surface area contributed by atoms with E-state index in [2.05, 4.69) is 10.1 Å². The molecule has 0 aliphatic carbocycles. The Morgan fingerprint density at radius 1 is 1.40 bits per heavy atom. The molecule has 0 aliphatic rings. The Kier molecular flexibility index (Phi) is 2.82. The van der Waals surface area contributed by atoms with Crippen molar-refractivity contribution in [1.82, 2.24) is 10.1 Å². The van der Waals surface area contributed by atoms with Crippen LogP contribution in [0.1, 0.15) is 17.0 Å². The summed E-state index contributed by atoms with van der Waals surface area (Å²) in [5.74, 6) is -0.0780. The summed E-state index contributed by atoms with van der Waals surface area (Å²) in [5.41, 5.74) is 4.49. The van der Waals surface area contributed by atoms with E-state index in [0.717, 1.165) is 39.0 Å². The maximum atomic E-state index is 10.9. The second-order valence-electron chi connectivity index (χ2n) is 4.84. The highest BCUT2D eigenvalue weighted by atomic mass is 16.5. The number of aliphatic carboxylic acids is 1. The van der Waals surface area contributed by atoms with Gasteiger partial charge in [-0.25, -0.2) is 0 Å². The van der Waals surface area contributed by atoms with Gasteiger partial charge in [0.05, 0.1) is 12.1 Å². The number of hydrogen-bond donors (Lipinski definition) is 2. The number of benzene rings is 1. The fourth-order valence-corrected chi connectivity index (χ4v) is 2.54. The van der Waals surface area contributed by atoms with E-state index in [-0.39, 0.29) is 6.42 Å². The van der Waals surface area contributed by atoms with Crippen molar-refractivity contribution in [2.75, 3.05) is 0 Å². The standard InChI is InChI=1S/C15H14N2O3/c1-8-15(9(2)20-17-8)10-3-4-13-12(5-10)11(7-16-13)6-14(18)19/h3-5,7,16H,6H2,1-2H3,(H,18,19). The van der Waals surface area contributed by atoms with E-state index in [9.17, 15) is 4.79 Å². The van der Waals surface area contributed by atoms with Crippen molar-refractivity contribution in [2.24, 2.45) is 0 Å². The molecule has 102 valence electrons. The van der Waals surface area contributed by atoms with E-state index in [1.54, 1.807) is 6.20 Å². The van der Waals surface area contributed by atoms with E-state index in [4.69, 9.17) is 9.63 Å². The summed E-state index contributed by atoms with van der Waals surface area (Å²) >= 11 is 0. The minimum absolute atomic E-state index is 0.00501. The van der Waals surface area contributed by atoms with Gasteiger partial charge in [0.2, 0.25) is 0 Å². The number of nitrogens with zero attached hydrogens (tertiary/aromatic N) is 1. The van der Waals surface area contributed by atoms with E-state index >= 15 is 0 Å². The number of aromatic nitrogens is 2. The predicted molar refractivity (Wildman–Crippen MR) is 74.6 cm³/mol. The Morgan fingerprint density at radius 3 is 2.85 bits per heavy atom. The molecule has 2 heterocycles. The second kappa shape index (κ2) is 4.52. The molecule has 0 amide bonds. The topological polar surface area (TPSA) is 79.1 Å². The number of fused-ring (bicyclic) bond motifs is 1. The quantitative estimate of drug-likeness (QED) is 0.766. The largest absolute Gasteiger partial charge is 0.481 e. The number of rotatable bonds is 3. The molecule has 5 heteroatoms. The van der Waals surface area contributed by atoms with Crippen LogP contribution in [0.25, 0.3) is 22.0 Å². The summed E-state index contributed by atoms with van der Waals surface area (Å²) in [6, 6.07) is 5.91. The first kappa shape index (κ1) is 12.5. The molecule has 0 bridgehead atoms. The van der Waals surface area contributed by atoms with Gasteiger partial charge < -0.3 is 14.6 Å². The van der Waals surface area contributed by atoms with Gasteiger partial charge in [0.1, 0.15) is 5.76 Å². The summed E-state index contributed by atoms with van der Waals surface area (Å²) in [4.78, 5) is 14.0. The minimum atomic E-state index is -0.839. The lowest BCUT2D eigenvalue weighted by Crippen LogP contribution is -1.98. The van der Waals surface area contributed by atoms with Crippen LogP contribution in [0.5, 0.6) is 0 Å². The smallest absolute Gasteiger partial charge is 0.307 e. The van der Waals surface area contributed by atoms with E-state index < -0.39 is 5.97 Å². The van der Waals surface area contributed by atoms with Crippen LogP contribution in [0.15, 0.2) is 28.9 Å². The lowest BCUT2D eigenvalue weighted by atomic mass is 10.0. The van der Waals surface area contributed by atoms with Crippen LogP contribution in [-0.2, 0) is 11.2 Å². The maximum absolute atomic E-state index is 10.9. The number of carboxylic acids is 1. The van der Waals surface area contributed by atoms with Crippen molar-refractivity contribution in [3.05, 3.63) is 41.4 Å². The molecule has 1 aromatic carbocycles. The van der Waals surface area contributed by atoms with Gasteiger partial charge in [-0.3, -0.25) is 4.79 Å². The summed E-state index contributed by atoms with van der Waals surface area (Å²) in [6.45, 7) is 3.76. The van der Waals surface area contributed by atoms with Crippen LogP contribution in [-0.4, -0.2) is 21.2 Å². The van der Waals surface area contributed by atoms with Crippen LogP contribution in [0.3, 0.4) is 0 Å². The lowest BCUT2D eigenvalue weighted by molar-refractivity contribution is -0.136. The van der Waals surface area contributed by atoms with Crippen molar-refractivity contribution in [1.29, 1.82) is 0 Å². The molecule has 0 saturated heterocycles. The molecule has 5 nitrogen and oxygen atoms in total. The minimum Gasteiger partial charge on any atom is -0.481 e. The van der Waals surface area contributed by atoms with Crippen molar-refractivity contribution in [2.45, 2.75) is 20.3 Å². The van der Waals surface area contributed by atoms with Gasteiger partial charge in [0.15, 0.2) is 0 Å². The van der Waals surface area contributed by atoms with E-state index in [1.807, 2.05) is 32.0 Å². The maximum Gasteiger partial charge on any atom is 0.307 e. The number of nitrogens with one attached hydrogen (secondary N) is 1. The van der Waals surface area contributed by atoms with Crippen molar-refractivity contribution >= 4 is 16.9 Å². The molecule has 2 aromatic heterocycles. The summed E-state index contributed by atoms with van der Waals surface area (Å²) in [7, 11) is 0. The highest BCUT2D eigenvalue weighted by Crippen LogP contribution is 2.30. The van der Waals surface area contributed by atoms with Gasteiger partial charge in [-0.05, 0) is 37.1 Å².